The summed E-state index contributed by atoms with van der Waals surface area (Å²) in [6.45, 7) is 3.94. The number of aliphatic hydroxyl groups excluding tert-OH is 1. The van der Waals surface area contributed by atoms with Crippen molar-refractivity contribution < 1.29 is 30.0 Å². The van der Waals surface area contributed by atoms with Crippen LogP contribution in [0, 0.1) is 11.8 Å². The third kappa shape index (κ3) is 7.47. The van der Waals surface area contributed by atoms with Crippen LogP contribution in [0.5, 0.6) is 17.5 Å². The highest BCUT2D eigenvalue weighted by Crippen LogP contribution is 2.33. The Morgan fingerprint density at radius 2 is 1.72 bits per heavy atom. The SMILES string of the molecule is CC(c1ccc(Cl)cc1)N(Cc1ccc(OCCn2c(O)ccc2O)c(CO)c1)CC1CCC(C(=O)O)CC1. The molecule has 4 rings (SSSR count). The molecule has 1 atom stereocenters. The number of aliphatic carboxylic acids is 1. The van der Waals surface area contributed by atoms with Gasteiger partial charge in [-0.3, -0.25) is 14.3 Å². The minimum absolute atomic E-state index is 0.0415. The molecule has 1 fully saturated rings. The molecule has 2 aromatic carbocycles. The normalized spacial score (nSPS) is 18.3. The van der Waals surface area contributed by atoms with Gasteiger partial charge in [0.2, 0.25) is 0 Å². The van der Waals surface area contributed by atoms with E-state index in [9.17, 15) is 25.2 Å². The number of nitrogens with zero attached hydrogens (tertiary/aromatic N) is 2. The maximum absolute atomic E-state index is 11.4. The molecule has 0 amide bonds. The van der Waals surface area contributed by atoms with Gasteiger partial charge in [-0.2, -0.15) is 0 Å². The summed E-state index contributed by atoms with van der Waals surface area (Å²) >= 11 is 6.13. The van der Waals surface area contributed by atoms with Crippen molar-refractivity contribution in [1.29, 1.82) is 0 Å². The molecule has 210 valence electrons. The molecular formula is C30H37ClN2O6. The molecule has 1 heterocycles. The van der Waals surface area contributed by atoms with Gasteiger partial charge in [0.05, 0.1) is 19.1 Å². The summed E-state index contributed by atoms with van der Waals surface area (Å²) in [5.74, 6) is -0.0528. The Balaban J connectivity index is 1.46. The molecular weight excluding hydrogens is 520 g/mol. The van der Waals surface area contributed by atoms with E-state index in [4.69, 9.17) is 16.3 Å². The van der Waals surface area contributed by atoms with Gasteiger partial charge in [0.1, 0.15) is 12.4 Å². The molecule has 0 radical (unpaired) electrons. The lowest BCUT2D eigenvalue weighted by atomic mass is 9.81. The summed E-state index contributed by atoms with van der Waals surface area (Å²) in [5, 5.41) is 39.8. The van der Waals surface area contributed by atoms with E-state index in [2.05, 4.69) is 11.8 Å². The number of hydrogen-bond donors (Lipinski definition) is 4. The number of benzene rings is 2. The second-order valence-electron chi connectivity index (χ2n) is 10.4. The number of aromatic hydroxyl groups is 2. The molecule has 0 bridgehead atoms. The van der Waals surface area contributed by atoms with Crippen LogP contribution in [-0.2, 0) is 24.5 Å². The lowest BCUT2D eigenvalue weighted by molar-refractivity contribution is -0.143. The van der Waals surface area contributed by atoms with Crippen molar-refractivity contribution in [3.8, 4) is 17.5 Å². The van der Waals surface area contributed by atoms with Crippen molar-refractivity contribution in [1.82, 2.24) is 9.47 Å². The largest absolute Gasteiger partial charge is 0.494 e. The number of carboxylic acids is 1. The Bertz CT molecular complexity index is 1220. The molecule has 1 saturated carbocycles. The lowest BCUT2D eigenvalue weighted by Crippen LogP contribution is -2.34. The van der Waals surface area contributed by atoms with Gasteiger partial charge in [0.15, 0.2) is 11.8 Å². The summed E-state index contributed by atoms with van der Waals surface area (Å²) in [5.41, 5.74) is 2.85. The van der Waals surface area contributed by atoms with Crippen LogP contribution >= 0.6 is 11.6 Å². The fourth-order valence-electron chi connectivity index (χ4n) is 5.39. The van der Waals surface area contributed by atoms with Crippen LogP contribution in [0.1, 0.15) is 55.3 Å². The maximum Gasteiger partial charge on any atom is 0.306 e. The predicted octanol–water partition coefficient (Wildman–Crippen LogP) is 5.58. The van der Waals surface area contributed by atoms with E-state index in [1.807, 2.05) is 42.5 Å². The van der Waals surface area contributed by atoms with Crippen LogP contribution in [0.2, 0.25) is 5.02 Å². The van der Waals surface area contributed by atoms with Crippen LogP contribution in [0.3, 0.4) is 0 Å². The van der Waals surface area contributed by atoms with Crippen molar-refractivity contribution in [3.05, 3.63) is 76.3 Å². The second-order valence-corrected chi connectivity index (χ2v) is 10.8. The van der Waals surface area contributed by atoms with E-state index in [1.54, 1.807) is 0 Å². The number of aromatic nitrogens is 1. The van der Waals surface area contributed by atoms with Gasteiger partial charge in [0, 0.05) is 41.9 Å². The van der Waals surface area contributed by atoms with Gasteiger partial charge in [-0.25, -0.2) is 0 Å². The average Bonchev–Trinajstić information content (AvgIpc) is 3.26. The topological polar surface area (TPSA) is 115 Å². The first kappa shape index (κ1) is 28.8. The Labute approximate surface area is 234 Å². The standard InChI is InChI=1S/C30H37ClN2O6/c1-20(23-7-9-26(31)10-8-23)32(17-21-2-5-24(6-3-21)30(37)38)18-22-4-11-27(25(16-22)19-34)39-15-14-33-28(35)12-13-29(33)36/h4,7-13,16,20-21,24,34-36H,2-3,5-6,14-15,17-19H2,1H3,(H,37,38). The third-order valence-electron chi connectivity index (χ3n) is 7.78. The minimum atomic E-state index is -0.694. The van der Waals surface area contributed by atoms with E-state index >= 15 is 0 Å². The van der Waals surface area contributed by atoms with Crippen LogP contribution in [0.15, 0.2) is 54.6 Å². The maximum atomic E-state index is 11.4. The minimum Gasteiger partial charge on any atom is -0.494 e. The zero-order valence-electron chi connectivity index (χ0n) is 22.2. The van der Waals surface area contributed by atoms with Gasteiger partial charge in [-0.15, -0.1) is 0 Å². The summed E-state index contributed by atoms with van der Waals surface area (Å²) in [7, 11) is 0. The van der Waals surface area contributed by atoms with Crippen LogP contribution in [0.25, 0.3) is 0 Å². The fraction of sp³-hybridized carbons (Fsp3) is 0.433. The van der Waals surface area contributed by atoms with Crippen molar-refractivity contribution in [2.75, 3.05) is 13.2 Å². The van der Waals surface area contributed by atoms with Crippen molar-refractivity contribution in [2.24, 2.45) is 11.8 Å². The molecule has 8 nitrogen and oxygen atoms in total. The monoisotopic (exact) mass is 556 g/mol. The number of halogens is 1. The quantitative estimate of drug-likeness (QED) is 0.230. The zero-order chi connectivity index (χ0) is 27.9. The van der Waals surface area contributed by atoms with E-state index < -0.39 is 5.97 Å². The Morgan fingerprint density at radius 3 is 2.33 bits per heavy atom. The lowest BCUT2D eigenvalue weighted by Gasteiger charge is -2.35. The van der Waals surface area contributed by atoms with Crippen LogP contribution in [-0.4, -0.2) is 49.0 Å². The van der Waals surface area contributed by atoms with Crippen molar-refractivity contribution in [2.45, 2.75) is 58.3 Å². The Hall–Kier alpha value is -3.20. The molecule has 0 spiro atoms. The number of rotatable bonds is 12. The summed E-state index contributed by atoms with van der Waals surface area (Å²) < 4.78 is 7.21. The molecule has 4 N–H and O–H groups in total. The summed E-state index contributed by atoms with van der Waals surface area (Å²) in [6, 6.07) is 16.6. The average molecular weight is 557 g/mol. The highest BCUT2D eigenvalue weighted by molar-refractivity contribution is 6.30. The van der Waals surface area contributed by atoms with Gasteiger partial charge < -0.3 is 25.2 Å². The van der Waals surface area contributed by atoms with E-state index in [1.165, 1.54) is 16.7 Å². The number of hydrogen-bond acceptors (Lipinski definition) is 6. The molecule has 1 unspecified atom stereocenters. The smallest absolute Gasteiger partial charge is 0.306 e. The van der Waals surface area contributed by atoms with Crippen LogP contribution < -0.4 is 4.74 Å². The Morgan fingerprint density at radius 1 is 1.05 bits per heavy atom. The predicted molar refractivity (Wildman–Crippen MR) is 149 cm³/mol. The summed E-state index contributed by atoms with van der Waals surface area (Å²) in [4.78, 5) is 13.8. The van der Waals surface area contributed by atoms with E-state index in [-0.39, 0.29) is 43.5 Å². The third-order valence-corrected chi connectivity index (χ3v) is 8.03. The molecule has 9 heteroatoms. The molecule has 1 aliphatic carbocycles. The number of carboxylic acid groups (broad SMARTS) is 1. The summed E-state index contributed by atoms with van der Waals surface area (Å²) in [6.07, 6.45) is 3.20. The van der Waals surface area contributed by atoms with Gasteiger partial charge in [0.25, 0.3) is 0 Å². The van der Waals surface area contributed by atoms with E-state index in [0.717, 1.165) is 30.5 Å². The first-order chi connectivity index (χ1) is 18.7. The number of carbonyl (C=O) groups is 1. The Kier molecular flexibility index (Phi) is 9.78. The van der Waals surface area contributed by atoms with Crippen molar-refractivity contribution >= 4 is 17.6 Å². The molecule has 3 aromatic rings. The molecule has 0 aliphatic heterocycles. The highest BCUT2D eigenvalue weighted by atomic mass is 35.5. The van der Waals surface area contributed by atoms with Crippen molar-refractivity contribution in [3.63, 3.8) is 0 Å². The fourth-order valence-corrected chi connectivity index (χ4v) is 5.51. The molecule has 0 saturated heterocycles. The first-order valence-electron chi connectivity index (χ1n) is 13.4. The zero-order valence-corrected chi connectivity index (χ0v) is 22.9. The molecule has 1 aromatic heterocycles. The first-order valence-corrected chi connectivity index (χ1v) is 13.8. The second kappa shape index (κ2) is 13.2. The molecule has 39 heavy (non-hydrogen) atoms. The van der Waals surface area contributed by atoms with Gasteiger partial charge in [-0.1, -0.05) is 29.8 Å². The number of ether oxygens (including phenoxy) is 1. The highest BCUT2D eigenvalue weighted by Gasteiger charge is 2.28. The molecule has 1 aliphatic rings. The van der Waals surface area contributed by atoms with E-state index in [0.29, 0.717) is 41.6 Å². The number of aliphatic hydroxyl groups is 1. The van der Waals surface area contributed by atoms with Gasteiger partial charge >= 0.3 is 5.97 Å². The van der Waals surface area contributed by atoms with Crippen LogP contribution in [0.4, 0.5) is 0 Å². The van der Waals surface area contributed by atoms with Gasteiger partial charge in [-0.05, 0) is 73.9 Å².